The maximum Gasteiger partial charge on any atom is 0.335 e. The van der Waals surface area contributed by atoms with Gasteiger partial charge in [0.05, 0.1) is 36.6 Å². The van der Waals surface area contributed by atoms with Crippen LogP contribution in [0.4, 0.5) is 22.7 Å². The number of hydrogen-bond acceptors (Lipinski definition) is 10. The summed E-state index contributed by atoms with van der Waals surface area (Å²) >= 11 is 0. The van der Waals surface area contributed by atoms with Crippen molar-refractivity contribution in [2.24, 2.45) is 0 Å². The molecule has 0 amide bonds. The predicted octanol–water partition coefficient (Wildman–Crippen LogP) is 5.64. The number of ether oxygens (including phenoxy) is 2. The highest BCUT2D eigenvalue weighted by Crippen LogP contribution is 2.37. The summed E-state index contributed by atoms with van der Waals surface area (Å²) in [5.74, 6) is -0.833. The van der Waals surface area contributed by atoms with E-state index in [4.69, 9.17) is 9.47 Å². The van der Waals surface area contributed by atoms with Gasteiger partial charge in [0.15, 0.2) is 0 Å². The number of hydrogen-bond donors (Lipinski definition) is 4. The Morgan fingerprint density at radius 2 is 1.69 bits per heavy atom. The first-order valence-corrected chi connectivity index (χ1v) is 15.5. The van der Waals surface area contributed by atoms with Gasteiger partial charge in [0.25, 0.3) is 0 Å². The van der Waals surface area contributed by atoms with Crippen LogP contribution in [0.1, 0.15) is 28.8 Å². The van der Waals surface area contributed by atoms with Crippen LogP contribution in [-0.2, 0) is 10.0 Å². The van der Waals surface area contributed by atoms with Crippen molar-refractivity contribution >= 4 is 49.6 Å². The van der Waals surface area contributed by atoms with Crippen molar-refractivity contribution in [1.29, 1.82) is 0 Å². The zero-order valence-electron chi connectivity index (χ0n) is 24.7. The molecule has 1 aliphatic rings. The number of aromatic carboxylic acids is 1. The van der Waals surface area contributed by atoms with Crippen LogP contribution in [-0.4, -0.2) is 54.7 Å². The molecule has 0 spiro atoms. The van der Waals surface area contributed by atoms with Crippen molar-refractivity contribution in [2.75, 3.05) is 24.9 Å². The largest absolute Gasteiger partial charge is 0.480 e. The molecule has 0 radical (unpaired) electrons. The van der Waals surface area contributed by atoms with Gasteiger partial charge in [-0.15, -0.1) is 0 Å². The minimum atomic E-state index is -3.97. The number of benzene rings is 3. The van der Waals surface area contributed by atoms with Gasteiger partial charge < -0.3 is 25.2 Å². The van der Waals surface area contributed by atoms with Gasteiger partial charge >= 0.3 is 12.0 Å². The van der Waals surface area contributed by atoms with Crippen molar-refractivity contribution in [3.63, 3.8) is 0 Å². The number of methoxy groups -OCH3 is 2. The van der Waals surface area contributed by atoms with Gasteiger partial charge in [-0.1, -0.05) is 24.3 Å². The second kappa shape index (κ2) is 12.0. The van der Waals surface area contributed by atoms with Crippen molar-refractivity contribution in [3.8, 4) is 23.0 Å². The summed E-state index contributed by atoms with van der Waals surface area (Å²) < 4.78 is 40.4. The Bertz CT molecular complexity index is 2050. The molecule has 230 valence electrons. The third-order valence-electron chi connectivity index (χ3n) is 7.20. The zero-order chi connectivity index (χ0) is 31.7. The van der Waals surface area contributed by atoms with Crippen molar-refractivity contribution < 1.29 is 27.8 Å². The molecular weight excluding hydrogens is 596 g/mol. The first-order valence-electron chi connectivity index (χ1n) is 14.0. The normalized spacial score (nSPS) is 13.0. The second-order valence-corrected chi connectivity index (χ2v) is 12.3. The van der Waals surface area contributed by atoms with Gasteiger partial charge in [0.2, 0.25) is 15.9 Å². The molecule has 0 unspecified atom stereocenters. The van der Waals surface area contributed by atoms with Gasteiger partial charge in [0.1, 0.15) is 4.90 Å². The average Bonchev–Trinajstić information content (AvgIpc) is 3.83. The lowest BCUT2D eigenvalue weighted by Gasteiger charge is -2.18. The predicted molar refractivity (Wildman–Crippen MR) is 170 cm³/mol. The lowest BCUT2D eigenvalue weighted by molar-refractivity contribution is 0.0697. The number of carboxylic acids is 1. The minimum absolute atomic E-state index is 0.0166. The molecule has 0 atom stereocenters. The number of rotatable bonds is 11. The van der Waals surface area contributed by atoms with Gasteiger partial charge in [-0.05, 0) is 67.3 Å². The Kier molecular flexibility index (Phi) is 7.96. The molecule has 2 heterocycles. The molecule has 1 fully saturated rings. The molecule has 13 heteroatoms. The summed E-state index contributed by atoms with van der Waals surface area (Å²) in [5.41, 5.74) is 4.71. The van der Waals surface area contributed by atoms with Gasteiger partial charge in [-0.25, -0.2) is 22.9 Å². The van der Waals surface area contributed by atoms with Crippen molar-refractivity contribution in [2.45, 2.75) is 30.7 Å². The lowest BCUT2D eigenvalue weighted by atomic mass is 10.0. The van der Waals surface area contributed by atoms with Crippen LogP contribution >= 0.6 is 0 Å². The third-order valence-corrected chi connectivity index (χ3v) is 8.73. The Labute approximate surface area is 259 Å². The van der Waals surface area contributed by atoms with Gasteiger partial charge in [-0.3, -0.25) is 4.98 Å². The number of carboxylic acid groups (broad SMARTS) is 1. The molecular formula is C32H30N6O6S. The van der Waals surface area contributed by atoms with E-state index in [1.54, 1.807) is 30.5 Å². The summed E-state index contributed by atoms with van der Waals surface area (Å²) in [6.07, 6.45) is 4.39. The van der Waals surface area contributed by atoms with Crippen LogP contribution < -0.4 is 24.8 Å². The number of sulfonamides is 1. The molecule has 3 aromatic carbocycles. The fourth-order valence-electron chi connectivity index (χ4n) is 4.89. The highest BCUT2D eigenvalue weighted by atomic mass is 32.2. The summed E-state index contributed by atoms with van der Waals surface area (Å²) in [7, 11) is -1.02. The number of nitrogens with one attached hydrogen (secondary N) is 3. The number of pyridine rings is 1. The SMILES string of the molecule is COc1ncc(-c2ccc3c(Nc4cc(Nc5cccc(C)c5)cc(C(=O)O)c4)c(S(=O)(=O)NC4CC4)cnc3c2)c(OC)n1. The average molecular weight is 627 g/mol. The number of anilines is 4. The van der Waals surface area contributed by atoms with E-state index >= 15 is 0 Å². The molecule has 12 nitrogen and oxygen atoms in total. The van der Waals surface area contributed by atoms with Crippen LogP contribution in [0.5, 0.6) is 11.9 Å². The quantitative estimate of drug-likeness (QED) is 0.143. The molecule has 45 heavy (non-hydrogen) atoms. The Morgan fingerprint density at radius 1 is 0.911 bits per heavy atom. The van der Waals surface area contributed by atoms with Crippen LogP contribution in [0.2, 0.25) is 0 Å². The summed E-state index contributed by atoms with van der Waals surface area (Å²) in [6, 6.07) is 17.7. The summed E-state index contributed by atoms with van der Waals surface area (Å²) in [5, 5.41) is 16.9. The standard InChI is InChI=1S/C32H30N6O6S/c1-18-5-4-6-22(11-18)35-23-12-20(31(39)40)13-24(15-23)36-29-25-10-7-19(26-16-34-32(44-3)37-30(26)43-2)14-27(25)33-17-28(29)45(41,42)38-21-8-9-21/h4-7,10-17,21,35,38H,8-9H2,1-3H3,(H,33,36)(H,39,40). The third kappa shape index (κ3) is 6.49. The van der Waals surface area contributed by atoms with Gasteiger partial charge in [-0.2, -0.15) is 4.98 Å². The topological polar surface area (TPSA) is 165 Å². The van der Waals surface area contributed by atoms with E-state index in [9.17, 15) is 18.3 Å². The molecule has 0 aliphatic heterocycles. The van der Waals surface area contributed by atoms with Crippen LogP contribution in [0, 0.1) is 6.92 Å². The number of nitrogens with zero attached hydrogens (tertiary/aromatic N) is 3. The number of aromatic nitrogens is 3. The fourth-order valence-corrected chi connectivity index (χ4v) is 6.31. The second-order valence-electron chi connectivity index (χ2n) is 10.6. The lowest BCUT2D eigenvalue weighted by Crippen LogP contribution is -2.26. The molecule has 6 rings (SSSR count). The number of aryl methyl sites for hydroxylation is 1. The van der Waals surface area contributed by atoms with E-state index < -0.39 is 16.0 Å². The highest BCUT2D eigenvalue weighted by molar-refractivity contribution is 7.89. The first-order chi connectivity index (χ1) is 21.6. The van der Waals surface area contributed by atoms with Gasteiger partial charge in [0, 0.05) is 40.9 Å². The summed E-state index contributed by atoms with van der Waals surface area (Å²) in [4.78, 5) is 25.0. The Balaban J connectivity index is 1.47. The van der Waals surface area contributed by atoms with E-state index in [1.165, 1.54) is 32.5 Å². The number of carbonyl (C=O) groups is 1. The molecule has 4 N–H and O–H groups in total. The molecule has 1 aliphatic carbocycles. The van der Waals surface area contributed by atoms with Crippen LogP contribution in [0.15, 0.2) is 78.0 Å². The Morgan fingerprint density at radius 3 is 2.38 bits per heavy atom. The minimum Gasteiger partial charge on any atom is -0.480 e. The van der Waals surface area contributed by atoms with Crippen molar-refractivity contribution in [3.05, 3.63) is 84.2 Å². The Hall–Kier alpha value is -5.27. The molecule has 0 saturated heterocycles. The molecule has 5 aromatic rings. The highest BCUT2D eigenvalue weighted by Gasteiger charge is 2.30. The van der Waals surface area contributed by atoms with E-state index in [-0.39, 0.29) is 28.2 Å². The van der Waals surface area contributed by atoms with E-state index in [2.05, 4.69) is 30.3 Å². The fraction of sp³-hybridized carbons (Fsp3) is 0.188. The first kappa shape index (κ1) is 29.8. The maximum atomic E-state index is 13.5. The summed E-state index contributed by atoms with van der Waals surface area (Å²) in [6.45, 7) is 1.96. The zero-order valence-corrected chi connectivity index (χ0v) is 25.5. The molecule has 0 bridgehead atoms. The number of fused-ring (bicyclic) bond motifs is 1. The smallest absolute Gasteiger partial charge is 0.335 e. The monoisotopic (exact) mass is 626 g/mol. The van der Waals surface area contributed by atoms with Crippen molar-refractivity contribution in [1.82, 2.24) is 19.7 Å². The molecule has 1 saturated carbocycles. The van der Waals surface area contributed by atoms with Crippen LogP contribution in [0.3, 0.4) is 0 Å². The molecule has 2 aromatic heterocycles. The van der Waals surface area contributed by atoms with Crippen LogP contribution in [0.25, 0.3) is 22.0 Å². The van der Waals surface area contributed by atoms with E-state index in [1.807, 2.05) is 31.2 Å². The van der Waals surface area contributed by atoms with E-state index in [0.717, 1.165) is 24.1 Å². The van der Waals surface area contributed by atoms with E-state index in [0.29, 0.717) is 39.3 Å². The maximum absolute atomic E-state index is 13.5.